The molecule has 0 aromatic carbocycles. The Bertz CT molecular complexity index is 592. The Balaban J connectivity index is 2.71. The summed E-state index contributed by atoms with van der Waals surface area (Å²) in [6, 6.07) is 0. The van der Waals surface area contributed by atoms with E-state index in [4.69, 9.17) is 14.2 Å². The Labute approximate surface area is 156 Å². The van der Waals surface area contributed by atoms with Crippen molar-refractivity contribution < 1.29 is 23.8 Å². The summed E-state index contributed by atoms with van der Waals surface area (Å²) in [6.45, 7) is 11.1. The van der Waals surface area contributed by atoms with Gasteiger partial charge in [0.2, 0.25) is 0 Å². The number of ether oxygens (including phenoxy) is 3. The molecule has 2 rings (SSSR count). The van der Waals surface area contributed by atoms with E-state index in [0.29, 0.717) is 13.2 Å². The molecule has 5 heteroatoms. The van der Waals surface area contributed by atoms with Crippen molar-refractivity contribution in [3.8, 4) is 0 Å². The third-order valence-corrected chi connectivity index (χ3v) is 5.33. The zero-order valence-corrected chi connectivity index (χ0v) is 16.8. The molecular weight excluding hydrogens is 332 g/mol. The van der Waals surface area contributed by atoms with E-state index in [2.05, 4.69) is 6.92 Å². The molecule has 1 aliphatic heterocycles. The van der Waals surface area contributed by atoms with Gasteiger partial charge in [0.15, 0.2) is 5.41 Å². The van der Waals surface area contributed by atoms with E-state index in [1.807, 2.05) is 13.8 Å². The minimum Gasteiger partial charge on any atom is -0.465 e. The van der Waals surface area contributed by atoms with Crippen molar-refractivity contribution in [1.82, 2.24) is 0 Å². The standard InChI is InChI=1S/C21H32O5/c1-6-9-10-17-15-11-12-24-13-16(15)18(14(4)5)21(17,19(22)25-7-2)20(23)26-8-3/h17H,6-13H2,1-5H3/t17-/m0/s1. The molecule has 146 valence electrons. The molecule has 0 N–H and O–H groups in total. The van der Waals surface area contributed by atoms with Crippen LogP contribution in [0.5, 0.6) is 0 Å². The fourth-order valence-electron chi connectivity index (χ4n) is 4.45. The van der Waals surface area contributed by atoms with Crippen molar-refractivity contribution in [3.05, 3.63) is 22.3 Å². The monoisotopic (exact) mass is 364 g/mol. The molecule has 0 unspecified atom stereocenters. The van der Waals surface area contributed by atoms with Crippen molar-refractivity contribution >= 4 is 11.9 Å². The molecule has 1 aliphatic carbocycles. The van der Waals surface area contributed by atoms with Gasteiger partial charge in [-0.1, -0.05) is 30.9 Å². The molecule has 5 nitrogen and oxygen atoms in total. The molecule has 0 saturated carbocycles. The molecule has 0 bridgehead atoms. The van der Waals surface area contributed by atoms with Crippen molar-refractivity contribution in [2.24, 2.45) is 11.3 Å². The van der Waals surface area contributed by atoms with Crippen molar-refractivity contribution in [2.45, 2.75) is 60.3 Å². The maximum absolute atomic E-state index is 13.3. The van der Waals surface area contributed by atoms with Crippen molar-refractivity contribution in [3.63, 3.8) is 0 Å². The maximum Gasteiger partial charge on any atom is 0.328 e. The molecule has 1 atom stereocenters. The van der Waals surface area contributed by atoms with Gasteiger partial charge in [-0.15, -0.1) is 0 Å². The van der Waals surface area contributed by atoms with Crippen LogP contribution in [0.3, 0.4) is 0 Å². The third kappa shape index (κ3) is 3.34. The highest BCUT2D eigenvalue weighted by atomic mass is 16.6. The summed E-state index contributed by atoms with van der Waals surface area (Å²) in [5, 5.41) is 0. The first-order chi connectivity index (χ1) is 12.5. The summed E-state index contributed by atoms with van der Waals surface area (Å²) in [6.07, 6.45) is 3.46. The Morgan fingerprint density at radius 1 is 1.12 bits per heavy atom. The Morgan fingerprint density at radius 2 is 1.73 bits per heavy atom. The highest BCUT2D eigenvalue weighted by Crippen LogP contribution is 2.57. The molecule has 0 radical (unpaired) electrons. The van der Waals surface area contributed by atoms with Crippen LogP contribution in [0.4, 0.5) is 0 Å². The first-order valence-corrected chi connectivity index (χ1v) is 9.79. The lowest BCUT2D eigenvalue weighted by molar-refractivity contribution is -0.171. The highest BCUT2D eigenvalue weighted by molar-refractivity contribution is 6.07. The summed E-state index contributed by atoms with van der Waals surface area (Å²) in [4.78, 5) is 26.6. The summed E-state index contributed by atoms with van der Waals surface area (Å²) < 4.78 is 16.6. The van der Waals surface area contributed by atoms with Crippen molar-refractivity contribution in [1.29, 1.82) is 0 Å². The number of rotatable bonds is 7. The van der Waals surface area contributed by atoms with E-state index >= 15 is 0 Å². The number of esters is 2. The Kier molecular flexibility index (Phi) is 7.04. The average Bonchev–Trinajstić information content (AvgIpc) is 2.91. The molecule has 0 fully saturated rings. The number of carbonyl (C=O) groups is 2. The number of carbonyl (C=O) groups excluding carboxylic acids is 2. The van der Waals surface area contributed by atoms with Gasteiger partial charge < -0.3 is 14.2 Å². The minimum atomic E-state index is -1.39. The van der Waals surface area contributed by atoms with Gasteiger partial charge in [-0.05, 0) is 51.7 Å². The minimum absolute atomic E-state index is 0.204. The van der Waals surface area contributed by atoms with Crippen LogP contribution in [0.2, 0.25) is 0 Å². The highest BCUT2D eigenvalue weighted by Gasteiger charge is 2.63. The number of allylic oxidation sites excluding steroid dienone is 1. The summed E-state index contributed by atoms with van der Waals surface area (Å²) >= 11 is 0. The van der Waals surface area contributed by atoms with Crippen LogP contribution in [0.15, 0.2) is 22.3 Å². The molecule has 26 heavy (non-hydrogen) atoms. The van der Waals surface area contributed by atoms with Crippen LogP contribution in [0.25, 0.3) is 0 Å². The average molecular weight is 364 g/mol. The van der Waals surface area contributed by atoms with Gasteiger partial charge in [0.1, 0.15) is 0 Å². The summed E-state index contributed by atoms with van der Waals surface area (Å²) in [5.74, 6) is -1.17. The normalized spacial score (nSPS) is 21.4. The first kappa shape index (κ1) is 20.7. The lowest BCUT2D eigenvalue weighted by Crippen LogP contribution is -2.47. The molecule has 2 aliphatic rings. The van der Waals surface area contributed by atoms with Crippen LogP contribution >= 0.6 is 0 Å². The predicted molar refractivity (Wildman–Crippen MR) is 99.6 cm³/mol. The van der Waals surface area contributed by atoms with Gasteiger partial charge in [-0.2, -0.15) is 0 Å². The van der Waals surface area contributed by atoms with Crippen LogP contribution in [-0.2, 0) is 23.8 Å². The smallest absolute Gasteiger partial charge is 0.328 e. The third-order valence-electron chi connectivity index (χ3n) is 5.33. The predicted octanol–water partition coefficient (Wildman–Crippen LogP) is 3.97. The van der Waals surface area contributed by atoms with Crippen LogP contribution in [-0.4, -0.2) is 38.4 Å². The van der Waals surface area contributed by atoms with Crippen LogP contribution < -0.4 is 0 Å². The van der Waals surface area contributed by atoms with Gasteiger partial charge >= 0.3 is 11.9 Å². The van der Waals surface area contributed by atoms with E-state index in [0.717, 1.165) is 42.4 Å². The van der Waals surface area contributed by atoms with E-state index in [1.165, 1.54) is 5.57 Å². The van der Waals surface area contributed by atoms with Gasteiger partial charge in [0, 0.05) is 5.92 Å². The Hall–Kier alpha value is -1.62. The lowest BCUT2D eigenvalue weighted by Gasteiger charge is -2.34. The Morgan fingerprint density at radius 3 is 2.23 bits per heavy atom. The lowest BCUT2D eigenvalue weighted by atomic mass is 9.69. The second kappa shape index (κ2) is 8.85. The molecule has 1 heterocycles. The van der Waals surface area contributed by atoms with Gasteiger partial charge in [0.25, 0.3) is 0 Å². The number of hydrogen-bond acceptors (Lipinski definition) is 5. The number of unbranched alkanes of at least 4 members (excludes halogenated alkanes) is 1. The fraction of sp³-hybridized carbons (Fsp3) is 0.714. The van der Waals surface area contributed by atoms with Crippen LogP contribution in [0.1, 0.15) is 60.3 Å². The summed E-state index contributed by atoms with van der Waals surface area (Å²) in [5.41, 5.74) is 2.52. The largest absolute Gasteiger partial charge is 0.465 e. The molecule has 0 amide bonds. The first-order valence-electron chi connectivity index (χ1n) is 9.79. The molecule has 0 spiro atoms. The molecular formula is C21H32O5. The van der Waals surface area contributed by atoms with Gasteiger partial charge in [0.05, 0.1) is 26.4 Å². The SMILES string of the molecule is CCCC[C@H]1C2=C(COCC2)C(=C(C)C)C1(C(=O)OCC)C(=O)OCC. The van der Waals surface area contributed by atoms with E-state index in [9.17, 15) is 9.59 Å². The second-order valence-corrected chi connectivity index (χ2v) is 7.13. The molecule has 0 aromatic rings. The number of hydrogen-bond donors (Lipinski definition) is 0. The van der Waals surface area contributed by atoms with E-state index < -0.39 is 17.4 Å². The zero-order chi connectivity index (χ0) is 19.3. The molecule has 0 saturated heterocycles. The second-order valence-electron chi connectivity index (χ2n) is 7.13. The van der Waals surface area contributed by atoms with E-state index in [1.54, 1.807) is 13.8 Å². The van der Waals surface area contributed by atoms with Gasteiger partial charge in [-0.25, -0.2) is 0 Å². The fourth-order valence-corrected chi connectivity index (χ4v) is 4.45. The molecule has 0 aromatic heterocycles. The topological polar surface area (TPSA) is 61.8 Å². The summed E-state index contributed by atoms with van der Waals surface area (Å²) in [7, 11) is 0. The zero-order valence-electron chi connectivity index (χ0n) is 16.8. The quantitative estimate of drug-likeness (QED) is 0.505. The van der Waals surface area contributed by atoms with Crippen LogP contribution in [0, 0.1) is 11.3 Å². The maximum atomic E-state index is 13.3. The van der Waals surface area contributed by atoms with Gasteiger partial charge in [-0.3, -0.25) is 9.59 Å². The van der Waals surface area contributed by atoms with E-state index in [-0.39, 0.29) is 19.1 Å². The van der Waals surface area contributed by atoms with Crippen molar-refractivity contribution in [2.75, 3.05) is 26.4 Å².